The van der Waals surface area contributed by atoms with E-state index in [2.05, 4.69) is 32.2 Å². The number of carbonyl (C=O) groups excluding carboxylic acids is 1. The molecule has 4 rings (SSSR count). The first-order valence-corrected chi connectivity index (χ1v) is 9.39. The van der Waals surface area contributed by atoms with Gasteiger partial charge in [-0.3, -0.25) is 4.79 Å². The number of hydrogen-bond acceptors (Lipinski definition) is 5. The Morgan fingerprint density at radius 1 is 1.10 bits per heavy atom. The number of aryl methyl sites for hydroxylation is 1. The van der Waals surface area contributed by atoms with Crippen molar-refractivity contribution in [1.29, 1.82) is 0 Å². The van der Waals surface area contributed by atoms with Gasteiger partial charge in [0.1, 0.15) is 12.1 Å². The monoisotopic (exact) mass is 386 g/mol. The third kappa shape index (κ3) is 3.80. The van der Waals surface area contributed by atoms with Gasteiger partial charge in [0.15, 0.2) is 0 Å². The summed E-state index contributed by atoms with van der Waals surface area (Å²) in [5, 5.41) is 7.26. The van der Waals surface area contributed by atoms with Crippen molar-refractivity contribution in [3.8, 4) is 0 Å². The highest BCUT2D eigenvalue weighted by molar-refractivity contribution is 6.04. The van der Waals surface area contributed by atoms with Crippen molar-refractivity contribution in [2.45, 2.75) is 19.9 Å². The van der Waals surface area contributed by atoms with Crippen molar-refractivity contribution in [2.75, 3.05) is 17.3 Å². The normalized spacial score (nSPS) is 12.0. The van der Waals surface area contributed by atoms with Gasteiger partial charge in [-0.25, -0.2) is 4.98 Å². The van der Waals surface area contributed by atoms with Crippen molar-refractivity contribution in [2.24, 2.45) is 0 Å². The van der Waals surface area contributed by atoms with Crippen LogP contribution < -0.4 is 10.2 Å². The van der Waals surface area contributed by atoms with Gasteiger partial charge in [-0.05, 0) is 43.7 Å². The Balaban J connectivity index is 1.59. The largest absolute Gasteiger partial charge is 0.353 e. The predicted molar refractivity (Wildman–Crippen MR) is 113 cm³/mol. The van der Waals surface area contributed by atoms with Gasteiger partial charge in [0.25, 0.3) is 11.7 Å². The average molecular weight is 386 g/mol. The maximum absolute atomic E-state index is 12.5. The molecule has 0 radical (unpaired) electrons. The van der Waals surface area contributed by atoms with Gasteiger partial charge < -0.3 is 10.2 Å². The van der Waals surface area contributed by atoms with Crippen LogP contribution >= 0.6 is 0 Å². The highest BCUT2D eigenvalue weighted by Crippen LogP contribution is 2.27. The van der Waals surface area contributed by atoms with Crippen LogP contribution in [0.25, 0.3) is 5.78 Å². The summed E-state index contributed by atoms with van der Waals surface area (Å²) in [7, 11) is 2.01. The van der Waals surface area contributed by atoms with E-state index in [1.807, 2.05) is 62.5 Å². The van der Waals surface area contributed by atoms with Crippen LogP contribution in [0, 0.1) is 6.92 Å². The Kier molecular flexibility index (Phi) is 4.95. The van der Waals surface area contributed by atoms with E-state index in [1.54, 1.807) is 16.6 Å². The number of benzene rings is 2. The van der Waals surface area contributed by atoms with Gasteiger partial charge in [-0.2, -0.15) is 14.6 Å². The zero-order valence-corrected chi connectivity index (χ0v) is 16.6. The number of nitrogens with zero attached hydrogens (tertiary/aromatic N) is 5. The van der Waals surface area contributed by atoms with Crippen LogP contribution in [0.5, 0.6) is 0 Å². The molecule has 1 amide bonds. The molecular formula is C22H22N6O. The minimum Gasteiger partial charge on any atom is -0.353 e. The molecule has 2 aromatic heterocycles. The molecule has 2 aromatic carbocycles. The van der Waals surface area contributed by atoms with Crippen molar-refractivity contribution >= 4 is 23.2 Å². The highest BCUT2D eigenvalue weighted by atomic mass is 16.1. The topological polar surface area (TPSA) is 75.4 Å². The minimum atomic E-state index is -0.127. The summed E-state index contributed by atoms with van der Waals surface area (Å²) in [6, 6.07) is 19.1. The van der Waals surface area contributed by atoms with Crippen LogP contribution in [0.2, 0.25) is 0 Å². The van der Waals surface area contributed by atoms with Crippen LogP contribution in [0.3, 0.4) is 0 Å². The number of hydrogen-bond donors (Lipinski definition) is 1. The van der Waals surface area contributed by atoms with Crippen LogP contribution in [0.4, 0.5) is 11.5 Å². The summed E-state index contributed by atoms with van der Waals surface area (Å²) in [6.45, 7) is 4.05. The van der Waals surface area contributed by atoms with E-state index in [-0.39, 0.29) is 11.9 Å². The molecule has 2 heterocycles. The molecule has 4 aromatic rings. The molecule has 146 valence electrons. The lowest BCUT2D eigenvalue weighted by molar-refractivity contribution is 0.102. The number of anilines is 2. The van der Waals surface area contributed by atoms with E-state index in [9.17, 15) is 4.79 Å². The fraction of sp³-hybridized carbons (Fsp3) is 0.182. The van der Waals surface area contributed by atoms with E-state index in [1.165, 1.54) is 6.33 Å². The van der Waals surface area contributed by atoms with Crippen LogP contribution in [0.1, 0.15) is 34.6 Å². The predicted octanol–water partition coefficient (Wildman–Crippen LogP) is 3.88. The van der Waals surface area contributed by atoms with Gasteiger partial charge in [0.05, 0.1) is 6.04 Å². The number of aromatic nitrogens is 4. The summed E-state index contributed by atoms with van der Waals surface area (Å²) < 4.78 is 1.73. The Morgan fingerprint density at radius 2 is 1.90 bits per heavy atom. The molecule has 0 aliphatic rings. The fourth-order valence-electron chi connectivity index (χ4n) is 3.25. The molecule has 0 aliphatic heterocycles. The first-order chi connectivity index (χ1) is 14.0. The number of amides is 1. The van der Waals surface area contributed by atoms with Crippen molar-refractivity contribution in [3.63, 3.8) is 0 Å². The maximum Gasteiger partial charge on any atom is 0.255 e. The van der Waals surface area contributed by atoms with Gasteiger partial charge in [0.2, 0.25) is 0 Å². The van der Waals surface area contributed by atoms with E-state index in [4.69, 9.17) is 0 Å². The number of carbonyl (C=O) groups is 1. The van der Waals surface area contributed by atoms with Crippen molar-refractivity contribution in [1.82, 2.24) is 19.6 Å². The van der Waals surface area contributed by atoms with E-state index >= 15 is 0 Å². The van der Waals surface area contributed by atoms with Gasteiger partial charge in [-0.15, -0.1) is 0 Å². The molecule has 1 N–H and O–H groups in total. The summed E-state index contributed by atoms with van der Waals surface area (Å²) in [6.07, 6.45) is 1.50. The van der Waals surface area contributed by atoms with Crippen molar-refractivity contribution in [3.05, 3.63) is 83.8 Å². The first-order valence-electron chi connectivity index (χ1n) is 9.39. The minimum absolute atomic E-state index is 0.0396. The molecule has 0 bridgehead atoms. The Morgan fingerprint density at radius 3 is 2.69 bits per heavy atom. The molecular weight excluding hydrogens is 364 g/mol. The molecule has 0 fully saturated rings. The lowest BCUT2D eigenvalue weighted by Gasteiger charge is -2.28. The summed E-state index contributed by atoms with van der Waals surface area (Å²) >= 11 is 0. The molecule has 7 heteroatoms. The molecule has 1 atom stereocenters. The second-order valence-electron chi connectivity index (χ2n) is 6.96. The lowest BCUT2D eigenvalue weighted by Crippen LogP contribution is -2.24. The fourth-order valence-corrected chi connectivity index (χ4v) is 3.25. The summed E-state index contributed by atoms with van der Waals surface area (Å²) in [5.41, 5.74) is 3.34. The standard InChI is InChI=1S/C22H22N6O/c1-15-12-20(28-22(25-15)23-14-24-28)27(3)16(2)18-10-7-11-19(13-18)26-21(29)17-8-5-4-6-9-17/h4-14,16H,1-3H3,(H,26,29)/t16-/m1/s1. The first kappa shape index (κ1) is 18.6. The van der Waals surface area contributed by atoms with Gasteiger partial charge in [0, 0.05) is 30.1 Å². The number of fused-ring (bicyclic) bond motifs is 1. The highest BCUT2D eigenvalue weighted by Gasteiger charge is 2.17. The molecule has 0 unspecified atom stereocenters. The zero-order chi connectivity index (χ0) is 20.4. The molecule has 0 aliphatic carbocycles. The SMILES string of the molecule is Cc1cc(N(C)[C@H](C)c2cccc(NC(=O)c3ccccc3)c2)n2ncnc2n1. The van der Waals surface area contributed by atoms with Crippen molar-refractivity contribution < 1.29 is 4.79 Å². The van der Waals surface area contributed by atoms with E-state index in [0.29, 0.717) is 11.3 Å². The van der Waals surface area contributed by atoms with E-state index < -0.39 is 0 Å². The molecule has 0 saturated carbocycles. The summed E-state index contributed by atoms with van der Waals surface area (Å²) in [4.78, 5) is 23.2. The number of nitrogens with one attached hydrogen (secondary N) is 1. The Hall–Kier alpha value is -3.74. The Bertz CT molecular complexity index is 1150. The Labute approximate surface area is 169 Å². The van der Waals surface area contributed by atoms with Crippen LogP contribution in [0.15, 0.2) is 67.0 Å². The van der Waals surface area contributed by atoms with Crippen LogP contribution in [-0.4, -0.2) is 32.5 Å². The lowest BCUT2D eigenvalue weighted by atomic mass is 10.1. The molecule has 0 spiro atoms. The average Bonchev–Trinajstić information content (AvgIpc) is 3.21. The molecule has 0 saturated heterocycles. The molecule has 7 nitrogen and oxygen atoms in total. The van der Waals surface area contributed by atoms with Gasteiger partial charge >= 0.3 is 0 Å². The van der Waals surface area contributed by atoms with Gasteiger partial charge in [-0.1, -0.05) is 30.3 Å². The quantitative estimate of drug-likeness (QED) is 0.563. The molecule has 29 heavy (non-hydrogen) atoms. The summed E-state index contributed by atoms with van der Waals surface area (Å²) in [5.74, 6) is 1.34. The second-order valence-corrected chi connectivity index (χ2v) is 6.96. The smallest absolute Gasteiger partial charge is 0.255 e. The van der Waals surface area contributed by atoms with E-state index in [0.717, 1.165) is 22.8 Å². The van der Waals surface area contributed by atoms with Crippen LogP contribution in [-0.2, 0) is 0 Å². The number of rotatable bonds is 5. The third-order valence-electron chi connectivity index (χ3n) is 4.97. The maximum atomic E-state index is 12.5. The third-order valence-corrected chi connectivity index (χ3v) is 4.97. The zero-order valence-electron chi connectivity index (χ0n) is 16.6. The second kappa shape index (κ2) is 7.71.